The molecule has 0 radical (unpaired) electrons. The Kier molecular flexibility index (Phi) is 7.38. The third-order valence-electron chi connectivity index (χ3n) is 3.36. The normalized spacial score (nSPS) is 10.8. The highest BCUT2D eigenvalue weighted by molar-refractivity contribution is 5.81. The Morgan fingerprint density at radius 3 is 2.30 bits per heavy atom. The number of amides is 1. The van der Waals surface area contributed by atoms with Crippen molar-refractivity contribution in [3.8, 4) is 11.5 Å². The highest BCUT2D eigenvalue weighted by atomic mass is 16.5. The molecule has 0 aliphatic heterocycles. The zero-order valence-electron chi connectivity index (χ0n) is 14.2. The average Bonchev–Trinajstić information content (AvgIpc) is 2.53. The summed E-state index contributed by atoms with van der Waals surface area (Å²) >= 11 is 0. The maximum atomic E-state index is 11.6. The molecule has 23 heavy (non-hydrogen) atoms. The molecular weight excluding hydrogens is 298 g/mol. The van der Waals surface area contributed by atoms with Gasteiger partial charge < -0.3 is 19.5 Å². The number of nitrogens with one attached hydrogen (secondary N) is 1. The van der Waals surface area contributed by atoms with Gasteiger partial charge in [0.05, 0.1) is 20.1 Å². The van der Waals surface area contributed by atoms with E-state index in [1.54, 1.807) is 31.4 Å². The van der Waals surface area contributed by atoms with E-state index in [-0.39, 0.29) is 31.1 Å². The highest BCUT2D eigenvalue weighted by Gasteiger charge is 2.18. The molecule has 0 aromatic heterocycles. The van der Waals surface area contributed by atoms with Crippen molar-refractivity contribution < 1.29 is 23.8 Å². The Hall–Kier alpha value is -2.24. The van der Waals surface area contributed by atoms with E-state index in [9.17, 15) is 9.59 Å². The zero-order valence-corrected chi connectivity index (χ0v) is 14.2. The molecule has 6 nitrogen and oxygen atoms in total. The number of carbonyl (C=O) groups is 2. The predicted molar refractivity (Wildman–Crippen MR) is 86.6 cm³/mol. The van der Waals surface area contributed by atoms with E-state index in [0.29, 0.717) is 5.75 Å². The van der Waals surface area contributed by atoms with Crippen molar-refractivity contribution in [2.45, 2.75) is 39.2 Å². The predicted octanol–water partition coefficient (Wildman–Crippen LogP) is 2.31. The minimum atomic E-state index is -0.469. The fourth-order valence-electron chi connectivity index (χ4n) is 1.64. The van der Waals surface area contributed by atoms with Crippen LogP contribution < -0.4 is 14.8 Å². The van der Waals surface area contributed by atoms with Crippen molar-refractivity contribution >= 4 is 11.9 Å². The second-order valence-electron chi connectivity index (χ2n) is 5.72. The monoisotopic (exact) mass is 323 g/mol. The van der Waals surface area contributed by atoms with Crippen molar-refractivity contribution in [3.63, 3.8) is 0 Å². The Morgan fingerprint density at radius 1 is 1.13 bits per heavy atom. The van der Waals surface area contributed by atoms with Crippen molar-refractivity contribution in [2.75, 3.05) is 20.3 Å². The van der Waals surface area contributed by atoms with Gasteiger partial charge in [0.1, 0.15) is 11.5 Å². The lowest BCUT2D eigenvalue weighted by Crippen LogP contribution is -2.44. The number of rotatable bonds is 9. The molecule has 1 N–H and O–H groups in total. The lowest BCUT2D eigenvalue weighted by atomic mass is 10.0. The molecule has 0 spiro atoms. The number of esters is 1. The number of hydrogen-bond donors (Lipinski definition) is 1. The molecule has 0 aliphatic rings. The smallest absolute Gasteiger partial charge is 0.309 e. The molecule has 1 rings (SSSR count). The first kappa shape index (κ1) is 18.8. The summed E-state index contributed by atoms with van der Waals surface area (Å²) in [5, 5.41) is 2.79. The number of methoxy groups -OCH3 is 1. The van der Waals surface area contributed by atoms with Gasteiger partial charge in [0.2, 0.25) is 0 Å². The van der Waals surface area contributed by atoms with E-state index < -0.39 is 5.97 Å². The van der Waals surface area contributed by atoms with Gasteiger partial charge >= 0.3 is 5.97 Å². The fraction of sp³-hybridized carbons (Fsp3) is 0.529. The summed E-state index contributed by atoms with van der Waals surface area (Å²) in [5.41, 5.74) is -0.305. The molecule has 0 saturated heterocycles. The van der Waals surface area contributed by atoms with Gasteiger partial charge in [-0.1, -0.05) is 6.92 Å². The van der Waals surface area contributed by atoms with Crippen LogP contribution in [0.5, 0.6) is 11.5 Å². The largest absolute Gasteiger partial charge is 0.497 e. The summed E-state index contributed by atoms with van der Waals surface area (Å²) in [6.45, 7) is 5.71. The molecule has 0 aliphatic carbocycles. The number of carbonyl (C=O) groups excluding carboxylic acids is 2. The summed E-state index contributed by atoms with van der Waals surface area (Å²) in [7, 11) is 1.59. The second-order valence-corrected chi connectivity index (χ2v) is 5.72. The Labute approximate surface area is 137 Å². The van der Waals surface area contributed by atoms with Gasteiger partial charge in [-0.05, 0) is 44.5 Å². The van der Waals surface area contributed by atoms with Crippen LogP contribution in [0.15, 0.2) is 24.3 Å². The third-order valence-corrected chi connectivity index (χ3v) is 3.36. The summed E-state index contributed by atoms with van der Waals surface area (Å²) < 4.78 is 15.4. The van der Waals surface area contributed by atoms with E-state index in [1.807, 2.05) is 20.8 Å². The van der Waals surface area contributed by atoms with Gasteiger partial charge in [-0.25, -0.2) is 0 Å². The van der Waals surface area contributed by atoms with Crippen LogP contribution in [0.25, 0.3) is 0 Å². The first-order valence-electron chi connectivity index (χ1n) is 7.60. The van der Waals surface area contributed by atoms with E-state index in [1.165, 1.54) is 0 Å². The van der Waals surface area contributed by atoms with Gasteiger partial charge in [-0.3, -0.25) is 9.59 Å². The fourth-order valence-corrected chi connectivity index (χ4v) is 1.64. The molecule has 0 bridgehead atoms. The van der Waals surface area contributed by atoms with E-state index >= 15 is 0 Å². The van der Waals surface area contributed by atoms with E-state index in [4.69, 9.17) is 14.2 Å². The number of hydrogen-bond acceptors (Lipinski definition) is 5. The first-order valence-corrected chi connectivity index (χ1v) is 7.60. The van der Waals surface area contributed by atoms with Gasteiger partial charge in [0.15, 0.2) is 6.61 Å². The number of benzene rings is 1. The third kappa shape index (κ3) is 7.54. The molecular formula is C17H25NO5. The Morgan fingerprint density at radius 2 is 1.74 bits per heavy atom. The molecule has 0 heterocycles. The molecule has 128 valence electrons. The van der Waals surface area contributed by atoms with Crippen LogP contribution in [-0.4, -0.2) is 37.7 Å². The molecule has 1 amide bonds. The minimum Gasteiger partial charge on any atom is -0.497 e. The van der Waals surface area contributed by atoms with Crippen LogP contribution >= 0.6 is 0 Å². The van der Waals surface area contributed by atoms with Crippen LogP contribution in [0.2, 0.25) is 0 Å². The van der Waals surface area contributed by atoms with Crippen molar-refractivity contribution in [2.24, 2.45) is 0 Å². The lowest BCUT2D eigenvalue weighted by Gasteiger charge is -2.24. The minimum absolute atomic E-state index is 0.0798. The summed E-state index contributed by atoms with van der Waals surface area (Å²) in [6.07, 6.45) is 0.874. The SMILES string of the molecule is CCC(C)(C)NC(=O)COC(=O)CCOc1ccc(OC)cc1. The summed E-state index contributed by atoms with van der Waals surface area (Å²) in [5.74, 6) is 0.600. The molecule has 0 atom stereocenters. The quantitative estimate of drug-likeness (QED) is 0.706. The van der Waals surface area contributed by atoms with Crippen LogP contribution in [-0.2, 0) is 14.3 Å². The van der Waals surface area contributed by atoms with Crippen LogP contribution in [0.1, 0.15) is 33.6 Å². The molecule has 1 aromatic rings. The molecule has 0 fully saturated rings. The lowest BCUT2D eigenvalue weighted by molar-refractivity contribution is -0.149. The van der Waals surface area contributed by atoms with Crippen LogP contribution in [0, 0.1) is 0 Å². The Balaban J connectivity index is 2.22. The van der Waals surface area contributed by atoms with E-state index in [2.05, 4.69) is 5.32 Å². The van der Waals surface area contributed by atoms with Crippen LogP contribution in [0.4, 0.5) is 0 Å². The molecule has 0 unspecified atom stereocenters. The molecule has 6 heteroatoms. The van der Waals surface area contributed by atoms with E-state index in [0.717, 1.165) is 12.2 Å². The van der Waals surface area contributed by atoms with Crippen molar-refractivity contribution in [1.82, 2.24) is 5.32 Å². The highest BCUT2D eigenvalue weighted by Crippen LogP contribution is 2.17. The second kappa shape index (κ2) is 9.02. The maximum absolute atomic E-state index is 11.6. The van der Waals surface area contributed by atoms with Crippen molar-refractivity contribution in [1.29, 1.82) is 0 Å². The summed E-state index contributed by atoms with van der Waals surface area (Å²) in [4.78, 5) is 23.2. The van der Waals surface area contributed by atoms with Gasteiger partial charge in [-0.15, -0.1) is 0 Å². The Bertz CT molecular complexity index is 510. The number of ether oxygens (including phenoxy) is 3. The average molecular weight is 323 g/mol. The maximum Gasteiger partial charge on any atom is 0.309 e. The zero-order chi connectivity index (χ0) is 17.3. The topological polar surface area (TPSA) is 73.9 Å². The first-order chi connectivity index (χ1) is 10.9. The standard InChI is InChI=1S/C17H25NO5/c1-5-17(2,3)18-15(19)12-23-16(20)10-11-22-14-8-6-13(21-4)7-9-14/h6-9H,5,10-12H2,1-4H3,(H,18,19). The molecule has 0 saturated carbocycles. The van der Waals surface area contributed by atoms with Gasteiger partial charge in [-0.2, -0.15) is 0 Å². The van der Waals surface area contributed by atoms with Gasteiger partial charge in [0.25, 0.3) is 5.91 Å². The molecule has 1 aromatic carbocycles. The van der Waals surface area contributed by atoms with Crippen molar-refractivity contribution in [3.05, 3.63) is 24.3 Å². The van der Waals surface area contributed by atoms with Crippen LogP contribution in [0.3, 0.4) is 0 Å². The van der Waals surface area contributed by atoms with Gasteiger partial charge in [0, 0.05) is 5.54 Å². The summed E-state index contributed by atoms with van der Waals surface area (Å²) in [6, 6.07) is 7.05.